The largest absolute Gasteiger partial charge is 0.492 e. The van der Waals surface area contributed by atoms with Crippen molar-refractivity contribution in [2.45, 2.75) is 36.0 Å². The van der Waals surface area contributed by atoms with Crippen molar-refractivity contribution in [3.05, 3.63) is 42.0 Å². The molecule has 0 atom stereocenters. The Kier molecular flexibility index (Phi) is 5.67. The first kappa shape index (κ1) is 21.6. The second-order valence-electron chi connectivity index (χ2n) is 7.36. The van der Waals surface area contributed by atoms with Gasteiger partial charge in [-0.15, -0.1) is 0 Å². The molecular formula is C20H23N3O6S2. The number of ether oxygens (including phenoxy) is 1. The fourth-order valence-corrected chi connectivity index (χ4v) is 6.48. The zero-order valence-corrected chi connectivity index (χ0v) is 18.6. The highest BCUT2D eigenvalue weighted by molar-refractivity contribution is 7.92. The molecule has 11 heteroatoms. The Morgan fingerprint density at radius 3 is 2.52 bits per heavy atom. The van der Waals surface area contributed by atoms with Crippen LogP contribution in [0.15, 0.2) is 46.2 Å². The summed E-state index contributed by atoms with van der Waals surface area (Å²) in [6.45, 7) is 2.86. The van der Waals surface area contributed by atoms with Gasteiger partial charge in [0.15, 0.2) is 0 Å². The highest BCUT2D eigenvalue weighted by Crippen LogP contribution is 2.33. The maximum Gasteiger partial charge on any atom is 0.261 e. The molecule has 0 radical (unpaired) electrons. The number of carbonyl (C=O) groups is 1. The molecule has 2 heterocycles. The van der Waals surface area contributed by atoms with Crippen molar-refractivity contribution in [2.75, 3.05) is 29.7 Å². The quantitative estimate of drug-likeness (QED) is 0.646. The summed E-state index contributed by atoms with van der Waals surface area (Å²) in [6.07, 6.45) is 1.68. The lowest BCUT2D eigenvalue weighted by atomic mass is 10.2. The van der Waals surface area contributed by atoms with Gasteiger partial charge in [0, 0.05) is 18.8 Å². The summed E-state index contributed by atoms with van der Waals surface area (Å²) in [5, 5.41) is 2.66. The van der Waals surface area contributed by atoms with Crippen molar-refractivity contribution < 1.29 is 26.4 Å². The molecule has 2 aromatic carbocycles. The number of anilines is 2. The van der Waals surface area contributed by atoms with Crippen molar-refractivity contribution in [1.82, 2.24) is 4.31 Å². The Labute approximate surface area is 181 Å². The zero-order chi connectivity index (χ0) is 22.2. The molecule has 0 bridgehead atoms. The number of benzene rings is 2. The summed E-state index contributed by atoms with van der Waals surface area (Å²) in [5.74, 6) is -0.0137. The van der Waals surface area contributed by atoms with Crippen LogP contribution in [0.5, 0.6) is 5.75 Å². The van der Waals surface area contributed by atoms with E-state index in [0.29, 0.717) is 24.3 Å². The van der Waals surface area contributed by atoms with Gasteiger partial charge < -0.3 is 10.1 Å². The predicted molar refractivity (Wildman–Crippen MR) is 115 cm³/mol. The molecule has 1 amide bonds. The summed E-state index contributed by atoms with van der Waals surface area (Å²) in [7, 11) is -7.82. The van der Waals surface area contributed by atoms with Gasteiger partial charge in [-0.2, -0.15) is 4.31 Å². The van der Waals surface area contributed by atoms with Gasteiger partial charge in [-0.3, -0.25) is 9.52 Å². The van der Waals surface area contributed by atoms with Gasteiger partial charge in [-0.25, -0.2) is 16.8 Å². The lowest BCUT2D eigenvalue weighted by Crippen LogP contribution is -2.28. The minimum Gasteiger partial charge on any atom is -0.492 e. The third kappa shape index (κ3) is 4.25. The molecular weight excluding hydrogens is 442 g/mol. The Morgan fingerprint density at radius 1 is 1.06 bits per heavy atom. The Balaban J connectivity index is 1.67. The van der Waals surface area contributed by atoms with Gasteiger partial charge in [0.2, 0.25) is 15.9 Å². The number of amides is 1. The molecule has 166 valence electrons. The number of nitrogens with one attached hydrogen (secondary N) is 2. The second-order valence-corrected chi connectivity index (χ2v) is 10.9. The third-order valence-corrected chi connectivity index (χ3v) is 8.49. The average molecular weight is 466 g/mol. The molecule has 2 aliphatic rings. The minimum absolute atomic E-state index is 0.0133. The van der Waals surface area contributed by atoms with Crippen LogP contribution in [0.2, 0.25) is 0 Å². The summed E-state index contributed by atoms with van der Waals surface area (Å²) in [6, 6.07) is 8.57. The fourth-order valence-electron chi connectivity index (χ4n) is 3.70. The number of carbonyl (C=O) groups excluding carboxylic acids is 1. The molecule has 1 fully saturated rings. The van der Waals surface area contributed by atoms with E-state index in [2.05, 4.69) is 10.0 Å². The molecule has 0 aliphatic carbocycles. The maximum atomic E-state index is 13.1. The number of nitrogens with zero attached hydrogens (tertiary/aromatic N) is 1. The van der Waals surface area contributed by atoms with E-state index in [1.165, 1.54) is 40.7 Å². The zero-order valence-electron chi connectivity index (χ0n) is 16.9. The van der Waals surface area contributed by atoms with Crippen LogP contribution in [0, 0.1) is 0 Å². The highest BCUT2D eigenvalue weighted by Gasteiger charge is 2.31. The van der Waals surface area contributed by atoms with E-state index < -0.39 is 20.0 Å². The van der Waals surface area contributed by atoms with Crippen molar-refractivity contribution >= 4 is 37.3 Å². The number of rotatable bonds is 7. The van der Waals surface area contributed by atoms with Gasteiger partial charge in [0.05, 0.1) is 23.6 Å². The van der Waals surface area contributed by atoms with E-state index in [0.717, 1.165) is 12.8 Å². The second kappa shape index (κ2) is 8.13. The minimum atomic E-state index is -4.00. The lowest BCUT2D eigenvalue weighted by molar-refractivity contribution is -0.115. The van der Waals surface area contributed by atoms with Crippen LogP contribution in [0.25, 0.3) is 0 Å². The first-order valence-electron chi connectivity index (χ1n) is 9.93. The van der Waals surface area contributed by atoms with Crippen molar-refractivity contribution in [3.8, 4) is 5.75 Å². The molecule has 2 aliphatic heterocycles. The van der Waals surface area contributed by atoms with E-state index in [9.17, 15) is 21.6 Å². The van der Waals surface area contributed by atoms with Crippen LogP contribution < -0.4 is 14.8 Å². The summed E-state index contributed by atoms with van der Waals surface area (Å²) in [5.41, 5.74) is 1.29. The predicted octanol–water partition coefficient (Wildman–Crippen LogP) is 2.17. The fraction of sp³-hybridized carbons (Fsp3) is 0.350. The monoisotopic (exact) mass is 465 g/mol. The van der Waals surface area contributed by atoms with Gasteiger partial charge >= 0.3 is 0 Å². The van der Waals surface area contributed by atoms with Crippen LogP contribution >= 0.6 is 0 Å². The Hall–Kier alpha value is -2.63. The first-order chi connectivity index (χ1) is 14.7. The number of fused-ring (bicyclic) bond motifs is 1. The number of hydrogen-bond donors (Lipinski definition) is 2. The molecule has 0 unspecified atom stereocenters. The Morgan fingerprint density at radius 2 is 1.81 bits per heavy atom. The van der Waals surface area contributed by atoms with Crippen LogP contribution in [0.4, 0.5) is 11.4 Å². The molecule has 31 heavy (non-hydrogen) atoms. The molecule has 1 saturated heterocycles. The van der Waals surface area contributed by atoms with Crippen LogP contribution in [0.3, 0.4) is 0 Å². The van der Waals surface area contributed by atoms with Crippen LogP contribution in [-0.2, 0) is 31.3 Å². The standard InChI is InChI=1S/C20H23N3O6S2/c1-2-29-18-8-5-15(13-19(18)31(27,28)23-9-3-4-10-23)22-30(25,26)16-6-7-17-14(11-16)12-20(24)21-17/h5-8,11,13,22H,2-4,9-10,12H2,1H3,(H,21,24). The molecule has 0 saturated carbocycles. The summed E-state index contributed by atoms with van der Waals surface area (Å²) in [4.78, 5) is 11.4. The highest BCUT2D eigenvalue weighted by atomic mass is 32.2. The van der Waals surface area contributed by atoms with Gasteiger partial charge in [0.25, 0.3) is 10.0 Å². The average Bonchev–Trinajstić information content (AvgIpc) is 3.37. The molecule has 9 nitrogen and oxygen atoms in total. The van der Waals surface area contributed by atoms with E-state index in [1.54, 1.807) is 6.92 Å². The van der Waals surface area contributed by atoms with E-state index in [1.807, 2.05) is 0 Å². The maximum absolute atomic E-state index is 13.1. The summed E-state index contributed by atoms with van der Waals surface area (Å²) >= 11 is 0. The SMILES string of the molecule is CCOc1ccc(NS(=O)(=O)c2ccc3c(c2)CC(=O)N3)cc1S(=O)(=O)N1CCCC1. The van der Waals surface area contributed by atoms with Crippen molar-refractivity contribution in [2.24, 2.45) is 0 Å². The molecule has 0 aromatic heterocycles. The molecule has 2 aromatic rings. The van der Waals surface area contributed by atoms with E-state index >= 15 is 0 Å². The molecule has 0 spiro atoms. The number of sulfonamides is 2. The summed E-state index contributed by atoms with van der Waals surface area (Å²) < 4.78 is 61.3. The lowest BCUT2D eigenvalue weighted by Gasteiger charge is -2.19. The van der Waals surface area contributed by atoms with E-state index in [-0.39, 0.29) is 40.2 Å². The smallest absolute Gasteiger partial charge is 0.261 e. The van der Waals surface area contributed by atoms with E-state index in [4.69, 9.17) is 4.74 Å². The Bertz CT molecular complexity index is 1240. The van der Waals surface area contributed by atoms with Crippen LogP contribution in [0.1, 0.15) is 25.3 Å². The number of hydrogen-bond acceptors (Lipinski definition) is 6. The van der Waals surface area contributed by atoms with Gasteiger partial charge in [0.1, 0.15) is 10.6 Å². The van der Waals surface area contributed by atoms with Gasteiger partial charge in [-0.05, 0) is 61.7 Å². The molecule has 2 N–H and O–H groups in total. The normalized spacial score (nSPS) is 16.7. The van der Waals surface area contributed by atoms with Gasteiger partial charge in [-0.1, -0.05) is 0 Å². The third-order valence-electron chi connectivity index (χ3n) is 5.19. The van der Waals surface area contributed by atoms with Crippen LogP contribution in [-0.4, -0.2) is 46.7 Å². The molecule has 4 rings (SSSR count). The van der Waals surface area contributed by atoms with Crippen molar-refractivity contribution in [1.29, 1.82) is 0 Å². The topological polar surface area (TPSA) is 122 Å². The van der Waals surface area contributed by atoms with Crippen molar-refractivity contribution in [3.63, 3.8) is 0 Å². The first-order valence-corrected chi connectivity index (χ1v) is 12.9.